The average Bonchev–Trinajstić information content (AvgIpc) is 2.72. The number of anilines is 1. The van der Waals surface area contributed by atoms with E-state index in [-0.39, 0.29) is 0 Å². The molecule has 1 saturated carbocycles. The largest absolute Gasteiger partial charge is 0.449 e. The number of hydrogen-bond acceptors (Lipinski definition) is 3. The Bertz CT molecular complexity index is 502. The Labute approximate surface area is 128 Å². The fourth-order valence-corrected chi connectivity index (χ4v) is 3.48. The molecule has 3 rings (SSSR count). The molecule has 1 N–H and O–H groups in total. The minimum Gasteiger partial charge on any atom is -0.449 e. The van der Waals surface area contributed by atoms with Crippen molar-refractivity contribution in [2.75, 3.05) is 5.32 Å². The van der Waals surface area contributed by atoms with E-state index in [0.29, 0.717) is 6.04 Å². The van der Waals surface area contributed by atoms with Crippen LogP contribution >= 0.6 is 0 Å². The van der Waals surface area contributed by atoms with Crippen molar-refractivity contribution in [1.29, 1.82) is 0 Å². The van der Waals surface area contributed by atoms with E-state index in [1.54, 1.807) is 0 Å². The normalized spacial score (nSPS) is 26.9. The van der Waals surface area contributed by atoms with Crippen molar-refractivity contribution in [2.24, 2.45) is 11.8 Å². The molecule has 0 unspecified atom stereocenters. The fraction of sp³-hybridized carbons (Fsp3) is 0.667. The van der Waals surface area contributed by atoms with E-state index in [2.05, 4.69) is 31.3 Å². The van der Waals surface area contributed by atoms with Gasteiger partial charge < -0.3 is 14.8 Å². The monoisotopic (exact) mass is 289 g/mol. The molecule has 1 aliphatic heterocycles. The third kappa shape index (κ3) is 3.28. The molecule has 21 heavy (non-hydrogen) atoms. The van der Waals surface area contributed by atoms with Gasteiger partial charge >= 0.3 is 0 Å². The van der Waals surface area contributed by atoms with Crippen molar-refractivity contribution in [2.45, 2.75) is 65.2 Å². The van der Waals surface area contributed by atoms with E-state index in [1.165, 1.54) is 25.7 Å². The van der Waals surface area contributed by atoms with Gasteiger partial charge in [-0.3, -0.25) is 0 Å². The molecule has 0 amide bonds. The highest BCUT2D eigenvalue weighted by atomic mass is 16.7. The minimum absolute atomic E-state index is 0.545. The quantitative estimate of drug-likeness (QED) is 0.865. The lowest BCUT2D eigenvalue weighted by Gasteiger charge is -2.31. The Balaban J connectivity index is 1.60. The number of hydrogen-bond donors (Lipinski definition) is 1. The molecule has 1 aromatic rings. The van der Waals surface area contributed by atoms with Crippen LogP contribution in [0.5, 0.6) is 11.5 Å². The van der Waals surface area contributed by atoms with Gasteiger partial charge in [0.25, 0.3) is 0 Å². The van der Waals surface area contributed by atoms with Gasteiger partial charge in [-0.1, -0.05) is 13.8 Å². The van der Waals surface area contributed by atoms with Crippen LogP contribution in [0.25, 0.3) is 0 Å². The maximum absolute atomic E-state index is 5.81. The smallest absolute Gasteiger partial charge is 0.246 e. The second-order valence-corrected chi connectivity index (χ2v) is 7.27. The third-order valence-corrected chi connectivity index (χ3v) is 4.74. The second-order valence-electron chi connectivity index (χ2n) is 7.27. The molecule has 1 heterocycles. The summed E-state index contributed by atoms with van der Waals surface area (Å²) in [5, 5.41) is 3.66. The molecule has 1 aromatic carbocycles. The van der Waals surface area contributed by atoms with Crippen LogP contribution in [-0.4, -0.2) is 11.8 Å². The molecule has 0 radical (unpaired) electrons. The Morgan fingerprint density at radius 1 is 1.05 bits per heavy atom. The fourth-order valence-electron chi connectivity index (χ4n) is 3.48. The molecule has 2 aliphatic rings. The first-order valence-electron chi connectivity index (χ1n) is 8.21. The number of rotatable bonds is 3. The summed E-state index contributed by atoms with van der Waals surface area (Å²) < 4.78 is 11.5. The number of ether oxygens (including phenoxy) is 2. The summed E-state index contributed by atoms with van der Waals surface area (Å²) in [4.78, 5) is 0. The molecule has 0 spiro atoms. The molecule has 1 aliphatic carbocycles. The van der Waals surface area contributed by atoms with Gasteiger partial charge in [0.15, 0.2) is 11.5 Å². The molecular formula is C18H27NO2. The van der Waals surface area contributed by atoms with Crippen molar-refractivity contribution in [1.82, 2.24) is 0 Å². The van der Waals surface area contributed by atoms with Crippen molar-refractivity contribution < 1.29 is 9.47 Å². The molecule has 0 bridgehead atoms. The van der Waals surface area contributed by atoms with E-state index >= 15 is 0 Å². The predicted octanol–water partition coefficient (Wildman–Crippen LogP) is 4.82. The van der Waals surface area contributed by atoms with Crippen LogP contribution in [0.2, 0.25) is 0 Å². The van der Waals surface area contributed by atoms with Crippen LogP contribution in [0.15, 0.2) is 18.2 Å². The Kier molecular flexibility index (Phi) is 3.76. The summed E-state index contributed by atoms with van der Waals surface area (Å²) in [5.74, 6) is 2.87. The van der Waals surface area contributed by atoms with Crippen molar-refractivity contribution >= 4 is 5.69 Å². The number of benzene rings is 1. The zero-order valence-electron chi connectivity index (χ0n) is 13.6. The van der Waals surface area contributed by atoms with Crippen molar-refractivity contribution in [3.05, 3.63) is 18.2 Å². The molecule has 3 heteroatoms. The lowest BCUT2D eigenvalue weighted by atomic mass is 9.79. The Morgan fingerprint density at radius 2 is 1.71 bits per heavy atom. The van der Waals surface area contributed by atoms with Gasteiger partial charge in [-0.25, -0.2) is 0 Å². The van der Waals surface area contributed by atoms with E-state index in [4.69, 9.17) is 9.47 Å². The second kappa shape index (κ2) is 5.43. The van der Waals surface area contributed by atoms with Crippen LogP contribution in [0, 0.1) is 11.8 Å². The molecule has 3 nitrogen and oxygen atoms in total. The van der Waals surface area contributed by atoms with E-state index in [9.17, 15) is 0 Å². The maximum atomic E-state index is 5.81. The maximum Gasteiger partial charge on any atom is 0.246 e. The van der Waals surface area contributed by atoms with E-state index < -0.39 is 5.79 Å². The standard InChI is InChI=1S/C18H27NO2/c1-12(2)13-5-7-14(8-6-13)19-15-9-10-16-17(11-15)21-18(3,4)20-16/h9-14,19H,5-8H2,1-4H3. The SMILES string of the molecule is CC(C)C1CCC(Nc2ccc3c(c2)OC(C)(C)O3)CC1. The average molecular weight is 289 g/mol. The third-order valence-electron chi connectivity index (χ3n) is 4.74. The number of nitrogens with one attached hydrogen (secondary N) is 1. The highest BCUT2D eigenvalue weighted by molar-refractivity contribution is 5.56. The lowest BCUT2D eigenvalue weighted by molar-refractivity contribution is -0.0431. The van der Waals surface area contributed by atoms with Gasteiger partial charge in [-0.2, -0.15) is 0 Å². The molecule has 116 valence electrons. The zero-order valence-corrected chi connectivity index (χ0v) is 13.6. The van der Waals surface area contributed by atoms with Gasteiger partial charge in [0.2, 0.25) is 5.79 Å². The van der Waals surface area contributed by atoms with Crippen LogP contribution in [-0.2, 0) is 0 Å². The summed E-state index contributed by atoms with van der Waals surface area (Å²) in [5.41, 5.74) is 1.14. The van der Waals surface area contributed by atoms with Gasteiger partial charge in [0.05, 0.1) is 0 Å². The Hall–Kier alpha value is -1.38. The predicted molar refractivity (Wildman–Crippen MR) is 86.0 cm³/mol. The first kappa shape index (κ1) is 14.6. The molecular weight excluding hydrogens is 262 g/mol. The first-order chi connectivity index (χ1) is 9.93. The van der Waals surface area contributed by atoms with E-state index in [1.807, 2.05) is 19.9 Å². The molecule has 0 saturated heterocycles. The summed E-state index contributed by atoms with van der Waals surface area (Å²) in [6.45, 7) is 8.57. The molecule has 0 aromatic heterocycles. The summed E-state index contributed by atoms with van der Waals surface area (Å²) in [7, 11) is 0. The lowest BCUT2D eigenvalue weighted by Crippen LogP contribution is -2.29. The van der Waals surface area contributed by atoms with Crippen LogP contribution < -0.4 is 14.8 Å². The first-order valence-corrected chi connectivity index (χ1v) is 8.21. The molecule has 0 atom stereocenters. The zero-order chi connectivity index (χ0) is 15.0. The van der Waals surface area contributed by atoms with Crippen molar-refractivity contribution in [3.8, 4) is 11.5 Å². The minimum atomic E-state index is -0.545. The summed E-state index contributed by atoms with van der Waals surface area (Å²) in [6.07, 6.45) is 5.21. The van der Waals surface area contributed by atoms with E-state index in [0.717, 1.165) is 29.0 Å². The van der Waals surface area contributed by atoms with Crippen LogP contribution in [0.4, 0.5) is 5.69 Å². The van der Waals surface area contributed by atoms with Gasteiger partial charge in [-0.15, -0.1) is 0 Å². The van der Waals surface area contributed by atoms with Gasteiger partial charge in [0.1, 0.15) is 0 Å². The summed E-state index contributed by atoms with van der Waals surface area (Å²) in [6, 6.07) is 6.76. The van der Waals surface area contributed by atoms with Gasteiger partial charge in [0, 0.05) is 31.6 Å². The Morgan fingerprint density at radius 3 is 2.38 bits per heavy atom. The highest BCUT2D eigenvalue weighted by Gasteiger charge is 2.32. The summed E-state index contributed by atoms with van der Waals surface area (Å²) >= 11 is 0. The number of fused-ring (bicyclic) bond motifs is 1. The van der Waals surface area contributed by atoms with Crippen molar-refractivity contribution in [3.63, 3.8) is 0 Å². The highest BCUT2D eigenvalue weighted by Crippen LogP contribution is 2.41. The van der Waals surface area contributed by atoms with Crippen LogP contribution in [0.3, 0.4) is 0 Å². The molecule has 1 fully saturated rings. The topological polar surface area (TPSA) is 30.5 Å². The van der Waals surface area contributed by atoms with Crippen LogP contribution in [0.1, 0.15) is 53.4 Å². The van der Waals surface area contributed by atoms with Gasteiger partial charge in [-0.05, 0) is 49.7 Å².